The molecule has 0 heterocycles. The molecule has 0 saturated carbocycles. The molecule has 0 N–H and O–H groups in total. The maximum Gasteiger partial charge on any atom is 0 e. The van der Waals surface area contributed by atoms with Crippen molar-refractivity contribution in [2.24, 2.45) is 0 Å². The minimum atomic E-state index is 0. The van der Waals surface area contributed by atoms with Gasteiger partial charge < -0.3 is 0 Å². The van der Waals surface area contributed by atoms with Crippen molar-refractivity contribution < 1.29 is 31.0 Å². The normalized spacial score (nSPS) is 9.47. The largest absolute Gasteiger partial charge is 0 e. The van der Waals surface area contributed by atoms with Crippen LogP contribution in [0.3, 0.4) is 0 Å². The van der Waals surface area contributed by atoms with Crippen molar-refractivity contribution in [1.29, 1.82) is 0 Å². The minimum absolute atomic E-state index is 0. The van der Waals surface area contributed by atoms with Crippen LogP contribution in [0.5, 0.6) is 0 Å². The second kappa shape index (κ2) is 47.7. The monoisotopic (exact) mass is 256 g/mol. The molecule has 2 radical (unpaired) electrons. The van der Waals surface area contributed by atoms with Gasteiger partial charge in [0.15, 0.2) is 0 Å². The van der Waals surface area contributed by atoms with Crippen LogP contribution >= 0.6 is 0 Å². The van der Waals surface area contributed by atoms with E-state index in [9.17, 15) is 0 Å². The van der Waals surface area contributed by atoms with Gasteiger partial charge in [0.05, 0.1) is 0 Å². The zero-order valence-electron chi connectivity index (χ0n) is 8.53. The molecule has 0 unspecified atom stereocenters. The molecular formula is C10H10MnNaO3. The van der Waals surface area contributed by atoms with E-state index in [-0.39, 0.29) is 46.6 Å². The fourth-order valence-electron chi connectivity index (χ4n) is 0.703. The first kappa shape index (κ1) is 29.5. The Balaban J connectivity index is -0.0000000369. The van der Waals surface area contributed by atoms with Crippen LogP contribution in [0.15, 0.2) is 24.3 Å². The van der Waals surface area contributed by atoms with Gasteiger partial charge >= 0.3 is 33.9 Å². The van der Waals surface area contributed by atoms with E-state index in [0.29, 0.717) is 0 Å². The van der Waals surface area contributed by atoms with Gasteiger partial charge in [0.1, 0.15) is 0 Å². The van der Waals surface area contributed by atoms with E-state index in [1.807, 2.05) is 0 Å². The Morgan fingerprint density at radius 1 is 0.733 bits per heavy atom. The summed E-state index contributed by atoms with van der Waals surface area (Å²) in [5.41, 5.74) is 0. The zero-order valence-corrected chi connectivity index (χ0v) is 11.7. The summed E-state index contributed by atoms with van der Waals surface area (Å²) in [7, 11) is 0. The average Bonchev–Trinajstić information content (AvgIpc) is 2.58. The number of rotatable bonds is 0. The molecule has 0 fully saturated rings. The number of hydrogen-bond donors (Lipinski definition) is 0. The Morgan fingerprint density at radius 3 is 1.27 bits per heavy atom. The standard InChI is InChI=1S/C7H10.3CO.Mn.Na/c1-2-4-6-7-5-3-1;3*1-2;;/h1-4H,5-7H2;;;;;. The van der Waals surface area contributed by atoms with Crippen LogP contribution in [0, 0.1) is 20.0 Å². The van der Waals surface area contributed by atoms with E-state index < -0.39 is 0 Å². The molecule has 0 spiro atoms. The molecule has 1 aliphatic carbocycles. The van der Waals surface area contributed by atoms with Crippen LogP contribution in [0.25, 0.3) is 0 Å². The third-order valence-electron chi connectivity index (χ3n) is 1.12. The van der Waals surface area contributed by atoms with Crippen molar-refractivity contribution in [2.75, 3.05) is 0 Å². The van der Waals surface area contributed by atoms with E-state index >= 15 is 0 Å². The van der Waals surface area contributed by atoms with Crippen molar-refractivity contribution in [2.45, 2.75) is 19.3 Å². The van der Waals surface area contributed by atoms with E-state index in [1.54, 1.807) is 0 Å². The maximum atomic E-state index is 7.50. The van der Waals surface area contributed by atoms with Crippen molar-refractivity contribution in [1.82, 2.24) is 0 Å². The van der Waals surface area contributed by atoms with Crippen molar-refractivity contribution >= 4 is 29.6 Å². The van der Waals surface area contributed by atoms with Gasteiger partial charge in [-0.25, -0.2) is 0 Å². The van der Waals surface area contributed by atoms with Gasteiger partial charge in [0.2, 0.25) is 0 Å². The third kappa shape index (κ3) is 40.7. The fourth-order valence-corrected chi connectivity index (χ4v) is 0.703. The summed E-state index contributed by atoms with van der Waals surface area (Å²) in [6, 6.07) is 0. The van der Waals surface area contributed by atoms with Gasteiger partial charge in [-0.05, 0) is 19.3 Å². The average molecular weight is 256 g/mol. The van der Waals surface area contributed by atoms with Gasteiger partial charge in [-0.3, -0.25) is 0 Å². The topological polar surface area (TPSA) is 59.7 Å². The van der Waals surface area contributed by atoms with Gasteiger partial charge in [-0.2, -0.15) is 0 Å². The number of hydrogen-bond acceptors (Lipinski definition) is 0. The van der Waals surface area contributed by atoms with E-state index in [1.165, 1.54) is 19.3 Å². The summed E-state index contributed by atoms with van der Waals surface area (Å²) in [4.78, 5) is 0. The van der Waals surface area contributed by atoms with Crippen LogP contribution in [0.2, 0.25) is 0 Å². The Hall–Kier alpha value is 0.219. The van der Waals surface area contributed by atoms with E-state index in [2.05, 4.69) is 44.3 Å². The summed E-state index contributed by atoms with van der Waals surface area (Å²) in [6.45, 7) is 13.5. The quantitative estimate of drug-likeness (QED) is 0.360. The fraction of sp³-hybridized carbons (Fsp3) is 0.300. The maximum absolute atomic E-state index is 7.50. The molecule has 5 heteroatoms. The van der Waals surface area contributed by atoms with Gasteiger partial charge in [-0.15, -0.1) is 0 Å². The van der Waals surface area contributed by atoms with Crippen LogP contribution < -0.4 is 0 Å². The van der Waals surface area contributed by atoms with Crippen molar-refractivity contribution in [3.05, 3.63) is 44.3 Å². The summed E-state index contributed by atoms with van der Waals surface area (Å²) in [5.74, 6) is 0. The van der Waals surface area contributed by atoms with Crippen LogP contribution in [0.1, 0.15) is 19.3 Å². The molecule has 0 aromatic rings. The Morgan fingerprint density at radius 2 is 1.00 bits per heavy atom. The molecule has 0 saturated heterocycles. The Bertz CT molecular complexity index is 168. The molecule has 0 atom stereocenters. The first-order valence-corrected chi connectivity index (χ1v) is 3.43. The second-order valence-corrected chi connectivity index (χ2v) is 1.79. The Kier molecular flexibility index (Phi) is 93.7. The first-order chi connectivity index (χ1) is 6.50. The van der Waals surface area contributed by atoms with Gasteiger partial charge in [0, 0.05) is 46.6 Å². The van der Waals surface area contributed by atoms with Crippen molar-refractivity contribution in [3.8, 4) is 0 Å². The second-order valence-electron chi connectivity index (χ2n) is 1.79. The molecule has 3 nitrogen and oxygen atoms in total. The van der Waals surface area contributed by atoms with Gasteiger partial charge in [0.25, 0.3) is 0 Å². The number of allylic oxidation sites excluding steroid dienone is 4. The SMILES string of the molecule is C1=CCCCC=C1.[C-]#[O+].[C-]#[O+].[C-]#[O+].[Mn].[Na]. The molecule has 0 aliphatic heterocycles. The summed E-state index contributed by atoms with van der Waals surface area (Å²) in [5, 5.41) is 0. The molecule has 0 aromatic heterocycles. The predicted octanol–water partition coefficient (Wildman–Crippen LogP) is 1.79. The van der Waals surface area contributed by atoms with Gasteiger partial charge in [-0.1, -0.05) is 24.3 Å². The smallest absolute Gasteiger partial charge is 0 e. The van der Waals surface area contributed by atoms with Crippen LogP contribution in [-0.4, -0.2) is 29.6 Å². The third-order valence-corrected chi connectivity index (χ3v) is 1.12. The predicted molar refractivity (Wildman–Crippen MR) is 49.7 cm³/mol. The van der Waals surface area contributed by atoms with E-state index in [0.717, 1.165) is 0 Å². The van der Waals surface area contributed by atoms with Crippen molar-refractivity contribution in [3.63, 3.8) is 0 Å². The molecule has 0 bridgehead atoms. The molecule has 76 valence electrons. The van der Waals surface area contributed by atoms with E-state index in [4.69, 9.17) is 14.0 Å². The summed E-state index contributed by atoms with van der Waals surface area (Å²) in [6.07, 6.45) is 12.5. The Labute approximate surface area is 123 Å². The van der Waals surface area contributed by atoms with Crippen LogP contribution in [0.4, 0.5) is 0 Å². The zero-order chi connectivity index (χ0) is 10.9. The molecule has 1 rings (SSSR count). The molecular weight excluding hydrogens is 246 g/mol. The molecule has 0 aromatic carbocycles. The molecule has 1 aliphatic rings. The molecule has 15 heavy (non-hydrogen) atoms. The van der Waals surface area contributed by atoms with Crippen LogP contribution in [-0.2, 0) is 31.0 Å². The first-order valence-electron chi connectivity index (χ1n) is 3.43. The molecule has 0 amide bonds. The summed E-state index contributed by atoms with van der Waals surface area (Å²) >= 11 is 0. The minimum Gasteiger partial charge on any atom is 0 e. The summed E-state index contributed by atoms with van der Waals surface area (Å²) < 4.78 is 22.5.